The highest BCUT2D eigenvalue weighted by atomic mass is 32.1. The summed E-state index contributed by atoms with van der Waals surface area (Å²) >= 11 is 1.70. The Kier molecular flexibility index (Phi) is 5.06. The number of hydrogen-bond acceptors (Lipinski definition) is 3. The number of carbonyl (C=O) groups is 1. The molecule has 0 unspecified atom stereocenters. The molecule has 3 rings (SSSR count). The van der Waals surface area contributed by atoms with Gasteiger partial charge in [-0.05, 0) is 26.0 Å². The number of benzene rings is 2. The molecule has 3 nitrogen and oxygen atoms in total. The van der Waals surface area contributed by atoms with Crippen LogP contribution in [0.4, 0.5) is 0 Å². The Morgan fingerprint density at radius 1 is 1.04 bits per heavy atom. The molecule has 2 aromatic carbocycles. The SMILES string of the molecule is Cc1ccc(-c2nc(C)c(CCNC(=O)c3ccccc3)s2)cc1. The molecule has 0 aliphatic carbocycles. The summed E-state index contributed by atoms with van der Waals surface area (Å²) in [6.07, 6.45) is 0.800. The molecular formula is C20H20N2OS. The molecule has 1 amide bonds. The number of nitrogens with one attached hydrogen (secondary N) is 1. The summed E-state index contributed by atoms with van der Waals surface area (Å²) in [6, 6.07) is 17.7. The molecule has 0 saturated carbocycles. The van der Waals surface area contributed by atoms with Crippen LogP contribution in [-0.4, -0.2) is 17.4 Å². The molecule has 1 heterocycles. The molecular weight excluding hydrogens is 316 g/mol. The summed E-state index contributed by atoms with van der Waals surface area (Å²) in [5, 5.41) is 4.01. The minimum atomic E-state index is -0.0310. The van der Waals surface area contributed by atoms with Crippen molar-refractivity contribution in [1.82, 2.24) is 10.3 Å². The molecule has 4 heteroatoms. The van der Waals surface area contributed by atoms with Gasteiger partial charge in [-0.25, -0.2) is 4.98 Å². The maximum absolute atomic E-state index is 12.1. The molecule has 3 aromatic rings. The van der Waals surface area contributed by atoms with E-state index in [9.17, 15) is 4.79 Å². The van der Waals surface area contributed by atoms with Gasteiger partial charge >= 0.3 is 0 Å². The largest absolute Gasteiger partial charge is 0.352 e. The van der Waals surface area contributed by atoms with E-state index in [0.717, 1.165) is 22.7 Å². The van der Waals surface area contributed by atoms with Crippen LogP contribution in [0.15, 0.2) is 54.6 Å². The lowest BCUT2D eigenvalue weighted by molar-refractivity contribution is 0.0954. The van der Waals surface area contributed by atoms with Crippen molar-refractivity contribution < 1.29 is 4.79 Å². The van der Waals surface area contributed by atoms with E-state index in [0.29, 0.717) is 12.1 Å². The van der Waals surface area contributed by atoms with E-state index in [1.54, 1.807) is 11.3 Å². The fraction of sp³-hybridized carbons (Fsp3) is 0.200. The van der Waals surface area contributed by atoms with E-state index in [-0.39, 0.29) is 5.91 Å². The molecule has 0 bridgehead atoms. The quantitative estimate of drug-likeness (QED) is 0.750. The Labute approximate surface area is 146 Å². The first kappa shape index (κ1) is 16.4. The number of aromatic nitrogens is 1. The Morgan fingerprint density at radius 2 is 1.75 bits per heavy atom. The van der Waals surface area contributed by atoms with Crippen LogP contribution >= 0.6 is 11.3 Å². The summed E-state index contributed by atoms with van der Waals surface area (Å²) in [5.74, 6) is -0.0310. The number of aryl methyl sites for hydroxylation is 2. The molecule has 1 aromatic heterocycles. The number of carbonyl (C=O) groups excluding carboxylic acids is 1. The van der Waals surface area contributed by atoms with E-state index in [1.807, 2.05) is 37.3 Å². The van der Waals surface area contributed by atoms with Crippen molar-refractivity contribution in [1.29, 1.82) is 0 Å². The summed E-state index contributed by atoms with van der Waals surface area (Å²) in [4.78, 5) is 17.9. The minimum absolute atomic E-state index is 0.0310. The maximum atomic E-state index is 12.1. The lowest BCUT2D eigenvalue weighted by atomic mass is 10.2. The summed E-state index contributed by atoms with van der Waals surface area (Å²) in [7, 11) is 0. The Morgan fingerprint density at radius 3 is 2.46 bits per heavy atom. The van der Waals surface area contributed by atoms with E-state index < -0.39 is 0 Å². The highest BCUT2D eigenvalue weighted by molar-refractivity contribution is 7.15. The van der Waals surface area contributed by atoms with Crippen LogP contribution in [0.5, 0.6) is 0 Å². The van der Waals surface area contributed by atoms with Gasteiger partial charge in [0.1, 0.15) is 5.01 Å². The van der Waals surface area contributed by atoms with Gasteiger partial charge in [0, 0.05) is 29.0 Å². The van der Waals surface area contributed by atoms with Crippen LogP contribution in [0.25, 0.3) is 10.6 Å². The van der Waals surface area contributed by atoms with Crippen LogP contribution in [0, 0.1) is 13.8 Å². The van der Waals surface area contributed by atoms with Crippen molar-refractivity contribution in [2.24, 2.45) is 0 Å². The summed E-state index contributed by atoms with van der Waals surface area (Å²) < 4.78 is 0. The van der Waals surface area contributed by atoms with E-state index in [4.69, 9.17) is 0 Å². The molecule has 24 heavy (non-hydrogen) atoms. The van der Waals surface area contributed by atoms with Crippen molar-refractivity contribution in [2.45, 2.75) is 20.3 Å². The third kappa shape index (κ3) is 3.89. The van der Waals surface area contributed by atoms with Crippen LogP contribution in [0.2, 0.25) is 0 Å². The van der Waals surface area contributed by atoms with Crippen molar-refractivity contribution in [3.05, 3.63) is 76.3 Å². The topological polar surface area (TPSA) is 42.0 Å². The van der Waals surface area contributed by atoms with Crippen LogP contribution in [0.3, 0.4) is 0 Å². The monoisotopic (exact) mass is 336 g/mol. The molecule has 0 aliphatic rings. The van der Waals surface area contributed by atoms with Crippen LogP contribution in [-0.2, 0) is 6.42 Å². The average molecular weight is 336 g/mol. The molecule has 122 valence electrons. The van der Waals surface area contributed by atoms with Gasteiger partial charge in [-0.15, -0.1) is 11.3 Å². The fourth-order valence-electron chi connectivity index (χ4n) is 2.46. The van der Waals surface area contributed by atoms with Crippen LogP contribution < -0.4 is 5.32 Å². The predicted octanol–water partition coefficient (Wildman–Crippen LogP) is 4.40. The lowest BCUT2D eigenvalue weighted by Gasteiger charge is -2.04. The minimum Gasteiger partial charge on any atom is -0.352 e. The van der Waals surface area contributed by atoms with Crippen molar-refractivity contribution in [2.75, 3.05) is 6.54 Å². The van der Waals surface area contributed by atoms with Gasteiger partial charge in [0.05, 0.1) is 5.69 Å². The molecule has 0 atom stereocenters. The third-order valence-corrected chi connectivity index (χ3v) is 5.13. The molecule has 1 N–H and O–H groups in total. The van der Waals surface area contributed by atoms with Crippen molar-refractivity contribution in [3.63, 3.8) is 0 Å². The zero-order valence-electron chi connectivity index (χ0n) is 13.9. The van der Waals surface area contributed by atoms with Gasteiger partial charge in [-0.3, -0.25) is 4.79 Å². The smallest absolute Gasteiger partial charge is 0.251 e. The number of rotatable bonds is 5. The number of nitrogens with zero attached hydrogens (tertiary/aromatic N) is 1. The Bertz CT molecular complexity index is 823. The zero-order valence-corrected chi connectivity index (χ0v) is 14.7. The van der Waals surface area contributed by atoms with Crippen LogP contribution in [0.1, 0.15) is 26.5 Å². The maximum Gasteiger partial charge on any atom is 0.251 e. The van der Waals surface area contributed by atoms with Gasteiger partial charge in [0.2, 0.25) is 0 Å². The molecule has 0 saturated heterocycles. The second-order valence-corrected chi connectivity index (χ2v) is 6.85. The second-order valence-electron chi connectivity index (χ2n) is 5.77. The second kappa shape index (κ2) is 7.41. The highest BCUT2D eigenvalue weighted by Crippen LogP contribution is 2.28. The Hall–Kier alpha value is -2.46. The fourth-order valence-corrected chi connectivity index (χ4v) is 3.53. The van der Waals surface area contributed by atoms with Gasteiger partial charge in [0.25, 0.3) is 5.91 Å². The number of amides is 1. The predicted molar refractivity (Wildman–Crippen MR) is 99.5 cm³/mol. The molecule has 0 radical (unpaired) electrons. The van der Waals surface area contributed by atoms with Crippen molar-refractivity contribution in [3.8, 4) is 10.6 Å². The molecule has 0 fully saturated rings. The lowest BCUT2D eigenvalue weighted by Crippen LogP contribution is -2.25. The van der Waals surface area contributed by atoms with Gasteiger partial charge in [-0.1, -0.05) is 48.0 Å². The Balaban J connectivity index is 1.62. The zero-order chi connectivity index (χ0) is 16.9. The van der Waals surface area contributed by atoms with Gasteiger partial charge < -0.3 is 5.32 Å². The summed E-state index contributed by atoms with van der Waals surface area (Å²) in [6.45, 7) is 4.73. The molecule has 0 spiro atoms. The van der Waals surface area contributed by atoms with E-state index in [2.05, 4.69) is 41.5 Å². The number of hydrogen-bond donors (Lipinski definition) is 1. The van der Waals surface area contributed by atoms with Gasteiger partial charge in [0.15, 0.2) is 0 Å². The standard InChI is InChI=1S/C20H20N2OS/c1-14-8-10-17(11-9-14)20-22-15(2)18(24-20)12-13-21-19(23)16-6-4-3-5-7-16/h3-11H,12-13H2,1-2H3,(H,21,23). The average Bonchev–Trinajstić information content (AvgIpc) is 2.97. The first-order valence-electron chi connectivity index (χ1n) is 8.00. The third-order valence-electron chi connectivity index (χ3n) is 3.86. The first-order valence-corrected chi connectivity index (χ1v) is 8.82. The number of thiazole rings is 1. The molecule has 0 aliphatic heterocycles. The van der Waals surface area contributed by atoms with E-state index >= 15 is 0 Å². The normalized spacial score (nSPS) is 10.6. The summed E-state index contributed by atoms with van der Waals surface area (Å²) in [5.41, 5.74) is 4.13. The highest BCUT2D eigenvalue weighted by Gasteiger charge is 2.10. The first-order chi connectivity index (χ1) is 11.6. The van der Waals surface area contributed by atoms with Gasteiger partial charge in [-0.2, -0.15) is 0 Å². The van der Waals surface area contributed by atoms with Crippen molar-refractivity contribution >= 4 is 17.2 Å². The van der Waals surface area contributed by atoms with E-state index in [1.165, 1.54) is 10.4 Å².